The first kappa shape index (κ1) is 18.9. The van der Waals surface area contributed by atoms with Crippen molar-refractivity contribution in [3.05, 3.63) is 47.5 Å². The zero-order valence-electron chi connectivity index (χ0n) is 16.4. The molecule has 2 aromatic heterocycles. The van der Waals surface area contributed by atoms with E-state index in [1.54, 1.807) is 13.3 Å². The van der Waals surface area contributed by atoms with Gasteiger partial charge in [0, 0.05) is 29.7 Å². The van der Waals surface area contributed by atoms with E-state index in [0.717, 1.165) is 28.3 Å². The number of rotatable bonds is 5. The van der Waals surface area contributed by atoms with Crippen molar-refractivity contribution < 1.29 is 19.0 Å². The number of hydrogen-bond acceptors (Lipinski definition) is 8. The number of anilines is 2. The summed E-state index contributed by atoms with van der Waals surface area (Å²) in [6, 6.07) is 5.64. The van der Waals surface area contributed by atoms with Crippen LogP contribution in [0.3, 0.4) is 0 Å². The molecule has 1 aliphatic rings. The second kappa shape index (κ2) is 7.88. The molecule has 0 amide bonds. The summed E-state index contributed by atoms with van der Waals surface area (Å²) in [7, 11) is 2.96. The molecule has 0 saturated heterocycles. The largest absolute Gasteiger partial charge is 0.496 e. The first-order valence-electron chi connectivity index (χ1n) is 9.08. The average molecular weight is 395 g/mol. The third-order valence-corrected chi connectivity index (χ3v) is 4.67. The number of H-pyrrole nitrogens is 1. The second-order valence-electron chi connectivity index (χ2n) is 6.63. The van der Waals surface area contributed by atoms with E-state index in [-0.39, 0.29) is 12.6 Å². The van der Waals surface area contributed by atoms with Gasteiger partial charge in [-0.2, -0.15) is 0 Å². The number of hydrogen-bond donors (Lipinski definition) is 2. The normalized spacial score (nSPS) is 15.5. The number of methoxy groups -OCH3 is 2. The molecule has 1 atom stereocenters. The summed E-state index contributed by atoms with van der Waals surface area (Å²) in [6.45, 7) is 2.53. The summed E-state index contributed by atoms with van der Waals surface area (Å²) in [5.74, 6) is 0.824. The van der Waals surface area contributed by atoms with Gasteiger partial charge in [-0.1, -0.05) is 0 Å². The summed E-state index contributed by atoms with van der Waals surface area (Å²) in [4.78, 5) is 28.5. The SMILES string of the molecule is COC(=O)C1COCc2cnc(Nc3ccc(-c4nc(C)c[nH]4)c(OC)c3)nc21. The van der Waals surface area contributed by atoms with E-state index in [4.69, 9.17) is 14.2 Å². The van der Waals surface area contributed by atoms with E-state index >= 15 is 0 Å². The van der Waals surface area contributed by atoms with Gasteiger partial charge >= 0.3 is 5.97 Å². The van der Waals surface area contributed by atoms with Crippen LogP contribution >= 0.6 is 0 Å². The number of nitrogens with one attached hydrogen (secondary N) is 2. The van der Waals surface area contributed by atoms with Crippen molar-refractivity contribution in [2.45, 2.75) is 19.4 Å². The van der Waals surface area contributed by atoms with E-state index in [1.807, 2.05) is 31.3 Å². The van der Waals surface area contributed by atoms with E-state index in [0.29, 0.717) is 24.0 Å². The lowest BCUT2D eigenvalue weighted by Crippen LogP contribution is -2.26. The Kier molecular flexibility index (Phi) is 5.13. The van der Waals surface area contributed by atoms with E-state index in [2.05, 4.69) is 25.3 Å². The average Bonchev–Trinajstić information content (AvgIpc) is 3.18. The topological polar surface area (TPSA) is 111 Å². The van der Waals surface area contributed by atoms with Crippen LogP contribution in [0.2, 0.25) is 0 Å². The molecule has 1 aromatic carbocycles. The fourth-order valence-corrected chi connectivity index (χ4v) is 3.23. The van der Waals surface area contributed by atoms with E-state index < -0.39 is 5.92 Å². The van der Waals surface area contributed by atoms with Crippen molar-refractivity contribution in [2.24, 2.45) is 0 Å². The maximum Gasteiger partial charge on any atom is 0.317 e. The molecule has 9 nitrogen and oxygen atoms in total. The first-order chi connectivity index (χ1) is 14.1. The van der Waals surface area contributed by atoms with Crippen molar-refractivity contribution in [3.63, 3.8) is 0 Å². The number of imidazole rings is 1. The third-order valence-electron chi connectivity index (χ3n) is 4.67. The van der Waals surface area contributed by atoms with Crippen LogP contribution in [-0.2, 0) is 20.9 Å². The number of ether oxygens (including phenoxy) is 3. The lowest BCUT2D eigenvalue weighted by molar-refractivity contribution is -0.144. The summed E-state index contributed by atoms with van der Waals surface area (Å²) in [5, 5.41) is 3.16. The highest BCUT2D eigenvalue weighted by molar-refractivity contribution is 5.78. The van der Waals surface area contributed by atoms with Crippen molar-refractivity contribution >= 4 is 17.6 Å². The molecule has 29 heavy (non-hydrogen) atoms. The number of nitrogens with zero attached hydrogens (tertiary/aromatic N) is 3. The number of aromatic amines is 1. The number of aromatic nitrogens is 4. The molecule has 1 unspecified atom stereocenters. The minimum Gasteiger partial charge on any atom is -0.496 e. The van der Waals surface area contributed by atoms with Gasteiger partial charge in [0.15, 0.2) is 0 Å². The molecule has 3 aromatic rings. The van der Waals surface area contributed by atoms with Crippen molar-refractivity contribution in [1.29, 1.82) is 0 Å². The fraction of sp³-hybridized carbons (Fsp3) is 0.300. The Morgan fingerprint density at radius 1 is 1.31 bits per heavy atom. The zero-order valence-corrected chi connectivity index (χ0v) is 16.4. The Hall–Kier alpha value is -3.46. The Balaban J connectivity index is 1.62. The van der Waals surface area contributed by atoms with Crippen molar-refractivity contribution in [1.82, 2.24) is 19.9 Å². The van der Waals surface area contributed by atoms with Gasteiger partial charge in [0.2, 0.25) is 5.95 Å². The highest BCUT2D eigenvalue weighted by Crippen LogP contribution is 2.32. The minimum atomic E-state index is -0.564. The summed E-state index contributed by atoms with van der Waals surface area (Å²) in [6.07, 6.45) is 3.50. The highest BCUT2D eigenvalue weighted by Gasteiger charge is 2.30. The molecule has 0 radical (unpaired) electrons. The van der Waals surface area contributed by atoms with Crippen LogP contribution in [0.15, 0.2) is 30.6 Å². The van der Waals surface area contributed by atoms with Gasteiger partial charge in [-0.05, 0) is 19.1 Å². The molecule has 0 bridgehead atoms. The minimum absolute atomic E-state index is 0.237. The monoisotopic (exact) mass is 395 g/mol. The van der Waals surface area contributed by atoms with Gasteiger partial charge in [0.05, 0.1) is 44.4 Å². The van der Waals surface area contributed by atoms with Gasteiger partial charge in [-0.15, -0.1) is 0 Å². The zero-order chi connectivity index (χ0) is 20.4. The second-order valence-corrected chi connectivity index (χ2v) is 6.63. The molecule has 3 heterocycles. The number of carbonyl (C=O) groups excluding carboxylic acids is 1. The van der Waals surface area contributed by atoms with Crippen LogP contribution in [0.25, 0.3) is 11.4 Å². The predicted octanol–water partition coefficient (Wildman–Crippen LogP) is 2.71. The van der Waals surface area contributed by atoms with Crippen LogP contribution in [0.5, 0.6) is 5.75 Å². The Morgan fingerprint density at radius 3 is 2.90 bits per heavy atom. The third kappa shape index (κ3) is 3.77. The smallest absolute Gasteiger partial charge is 0.317 e. The van der Waals surface area contributed by atoms with Gasteiger partial charge in [0.1, 0.15) is 17.5 Å². The molecule has 0 spiro atoms. The Morgan fingerprint density at radius 2 is 2.17 bits per heavy atom. The quantitative estimate of drug-likeness (QED) is 0.635. The van der Waals surface area contributed by atoms with Crippen LogP contribution < -0.4 is 10.1 Å². The van der Waals surface area contributed by atoms with Crippen LogP contribution in [0, 0.1) is 6.92 Å². The van der Waals surface area contributed by atoms with E-state index in [9.17, 15) is 4.79 Å². The molecule has 0 saturated carbocycles. The van der Waals surface area contributed by atoms with Gasteiger partial charge in [-0.25, -0.2) is 15.0 Å². The standard InChI is InChI=1S/C20H21N5O4/c1-11-7-21-18(23-11)14-5-4-13(6-16(14)27-2)24-20-22-8-12-9-29-10-15(17(12)25-20)19(26)28-3/h4-8,15H,9-10H2,1-3H3,(H,21,23)(H,22,24,25). The first-order valence-corrected chi connectivity index (χ1v) is 9.08. The summed E-state index contributed by atoms with van der Waals surface area (Å²) in [5.41, 5.74) is 3.89. The molecule has 0 fully saturated rings. The van der Waals surface area contributed by atoms with Gasteiger partial charge in [0.25, 0.3) is 0 Å². The molecule has 2 N–H and O–H groups in total. The lowest BCUT2D eigenvalue weighted by atomic mass is 10.00. The number of aryl methyl sites for hydroxylation is 1. The molecule has 150 valence electrons. The van der Waals surface area contributed by atoms with E-state index in [1.165, 1.54) is 7.11 Å². The number of carbonyl (C=O) groups is 1. The van der Waals surface area contributed by atoms with Crippen LogP contribution in [-0.4, -0.2) is 46.7 Å². The summed E-state index contributed by atoms with van der Waals surface area (Å²) >= 11 is 0. The molecular formula is C20H21N5O4. The fourth-order valence-electron chi connectivity index (χ4n) is 3.23. The number of benzene rings is 1. The Labute approximate surface area is 167 Å². The van der Waals surface area contributed by atoms with Crippen LogP contribution in [0.1, 0.15) is 22.9 Å². The van der Waals surface area contributed by atoms with Crippen LogP contribution in [0.4, 0.5) is 11.6 Å². The van der Waals surface area contributed by atoms with Gasteiger partial charge < -0.3 is 24.5 Å². The van der Waals surface area contributed by atoms with Gasteiger partial charge in [-0.3, -0.25) is 4.79 Å². The lowest BCUT2D eigenvalue weighted by Gasteiger charge is -2.23. The number of fused-ring (bicyclic) bond motifs is 1. The maximum atomic E-state index is 12.0. The molecule has 1 aliphatic heterocycles. The Bertz CT molecular complexity index is 1050. The molecular weight excluding hydrogens is 374 g/mol. The number of esters is 1. The summed E-state index contributed by atoms with van der Waals surface area (Å²) < 4.78 is 15.8. The predicted molar refractivity (Wildman–Crippen MR) is 105 cm³/mol. The molecule has 9 heteroatoms. The maximum absolute atomic E-state index is 12.0. The molecule has 4 rings (SSSR count). The highest BCUT2D eigenvalue weighted by atomic mass is 16.5. The molecule has 0 aliphatic carbocycles. The van der Waals surface area contributed by atoms with Crippen molar-refractivity contribution in [2.75, 3.05) is 26.1 Å². The van der Waals surface area contributed by atoms with Crippen molar-refractivity contribution in [3.8, 4) is 17.1 Å².